The fourth-order valence-corrected chi connectivity index (χ4v) is 3.17. The Balaban J connectivity index is 4.73. The van der Waals surface area contributed by atoms with Gasteiger partial charge in [-0.1, -0.05) is 27.7 Å². The minimum Gasteiger partial charge on any atom is -0.212 e. The van der Waals surface area contributed by atoms with Crippen molar-refractivity contribution in [3.8, 4) is 0 Å². The molecule has 0 bridgehead atoms. The third-order valence-corrected chi connectivity index (χ3v) is 4.92. The molecule has 0 saturated heterocycles. The molecule has 1 unspecified atom stereocenters. The summed E-state index contributed by atoms with van der Waals surface area (Å²) in [6.07, 6.45) is 2.19. The van der Waals surface area contributed by atoms with E-state index in [4.69, 9.17) is 0 Å². The molecule has 0 amide bonds. The molecule has 0 aromatic heterocycles. The summed E-state index contributed by atoms with van der Waals surface area (Å²) in [5.74, 6) is 0.495. The average Bonchev–Trinajstić information content (AvgIpc) is 1.96. The summed E-state index contributed by atoms with van der Waals surface area (Å²) in [7, 11) is -3.13. The van der Waals surface area contributed by atoms with Crippen molar-refractivity contribution in [2.75, 3.05) is 12.8 Å². The van der Waals surface area contributed by atoms with Crippen LogP contribution in [0, 0.1) is 11.3 Å². The highest BCUT2D eigenvalue weighted by Crippen LogP contribution is 2.29. The maximum absolute atomic E-state index is 11.8. The molecule has 0 aliphatic rings. The van der Waals surface area contributed by atoms with Gasteiger partial charge in [0, 0.05) is 12.1 Å². The first-order chi connectivity index (χ1) is 7.26. The van der Waals surface area contributed by atoms with Gasteiger partial charge in [0.2, 0.25) is 10.0 Å². The van der Waals surface area contributed by atoms with E-state index in [0.29, 0.717) is 12.5 Å². The molecule has 0 heterocycles. The van der Waals surface area contributed by atoms with Crippen molar-refractivity contribution in [3.05, 3.63) is 0 Å². The van der Waals surface area contributed by atoms with Gasteiger partial charge < -0.3 is 0 Å². The van der Waals surface area contributed by atoms with Crippen LogP contribution in [0.3, 0.4) is 0 Å². The van der Waals surface area contributed by atoms with Gasteiger partial charge in [-0.3, -0.25) is 0 Å². The second kappa shape index (κ2) is 5.27. The lowest BCUT2D eigenvalue weighted by Gasteiger charge is -2.36. The van der Waals surface area contributed by atoms with Gasteiger partial charge in [0.15, 0.2) is 0 Å². The molecule has 0 fully saturated rings. The van der Waals surface area contributed by atoms with Crippen molar-refractivity contribution in [2.24, 2.45) is 11.3 Å². The van der Waals surface area contributed by atoms with Crippen molar-refractivity contribution < 1.29 is 8.42 Å². The Morgan fingerprint density at radius 3 is 1.71 bits per heavy atom. The lowest BCUT2D eigenvalue weighted by Crippen LogP contribution is -2.46. The zero-order valence-electron chi connectivity index (χ0n) is 12.7. The van der Waals surface area contributed by atoms with Crippen molar-refractivity contribution in [1.29, 1.82) is 0 Å². The van der Waals surface area contributed by atoms with E-state index < -0.39 is 10.0 Å². The van der Waals surface area contributed by atoms with Gasteiger partial charge in [0.05, 0.1) is 6.26 Å². The predicted octanol–water partition coefficient (Wildman–Crippen LogP) is 3.12. The summed E-state index contributed by atoms with van der Waals surface area (Å²) in [5, 5.41) is 0. The Hall–Kier alpha value is -0.0900. The molecular formula is C13H29NO2S. The first-order valence-electron chi connectivity index (χ1n) is 6.24. The molecule has 0 spiro atoms. The van der Waals surface area contributed by atoms with Gasteiger partial charge in [-0.2, -0.15) is 4.31 Å². The Labute approximate surface area is 108 Å². The first-order valence-corrected chi connectivity index (χ1v) is 8.09. The Kier molecular flexibility index (Phi) is 5.24. The molecule has 17 heavy (non-hydrogen) atoms. The molecular weight excluding hydrogens is 234 g/mol. The van der Waals surface area contributed by atoms with Crippen LogP contribution in [0.1, 0.15) is 54.9 Å². The fourth-order valence-electron chi connectivity index (χ4n) is 1.74. The van der Waals surface area contributed by atoms with Crippen molar-refractivity contribution in [1.82, 2.24) is 4.31 Å². The molecule has 104 valence electrons. The van der Waals surface area contributed by atoms with E-state index in [9.17, 15) is 8.42 Å². The molecule has 0 aromatic rings. The zero-order chi connectivity index (χ0) is 14.1. The van der Waals surface area contributed by atoms with Crippen LogP contribution in [0.25, 0.3) is 0 Å². The first kappa shape index (κ1) is 16.9. The molecule has 0 aliphatic heterocycles. The van der Waals surface area contributed by atoms with Crippen LogP contribution < -0.4 is 0 Å². The summed E-state index contributed by atoms with van der Waals surface area (Å²) in [4.78, 5) is 0. The van der Waals surface area contributed by atoms with Gasteiger partial charge in [-0.25, -0.2) is 8.42 Å². The molecule has 0 saturated carbocycles. The second-order valence-corrected chi connectivity index (χ2v) is 8.97. The third kappa shape index (κ3) is 5.87. The van der Waals surface area contributed by atoms with Crippen molar-refractivity contribution >= 4 is 10.0 Å². The van der Waals surface area contributed by atoms with Crippen LogP contribution in [-0.4, -0.2) is 31.1 Å². The molecule has 0 N–H and O–H groups in total. The van der Waals surface area contributed by atoms with Crippen molar-refractivity contribution in [2.45, 2.75) is 60.4 Å². The average molecular weight is 263 g/mol. The van der Waals surface area contributed by atoms with E-state index in [-0.39, 0.29) is 11.0 Å². The van der Waals surface area contributed by atoms with Gasteiger partial charge in [-0.05, 0) is 38.5 Å². The lowest BCUT2D eigenvalue weighted by atomic mass is 9.80. The monoisotopic (exact) mass is 263 g/mol. The standard InChI is InChI=1S/C13H29NO2S/c1-11(12(2,3)4)9-10-14(13(5,6)7)17(8,15)16/h11H,9-10H2,1-8H3. The Morgan fingerprint density at radius 1 is 1.06 bits per heavy atom. The maximum atomic E-state index is 11.8. The van der Waals surface area contributed by atoms with E-state index in [2.05, 4.69) is 27.7 Å². The smallest absolute Gasteiger partial charge is 0.211 e. The molecule has 1 atom stereocenters. The Bertz CT molecular complexity index is 333. The van der Waals surface area contributed by atoms with Crippen LogP contribution in [-0.2, 0) is 10.0 Å². The zero-order valence-corrected chi connectivity index (χ0v) is 13.5. The number of sulfonamides is 1. The van der Waals surface area contributed by atoms with Gasteiger partial charge in [0.25, 0.3) is 0 Å². The Morgan fingerprint density at radius 2 is 1.47 bits per heavy atom. The summed E-state index contributed by atoms with van der Waals surface area (Å²) in [5.41, 5.74) is -0.119. The lowest BCUT2D eigenvalue weighted by molar-refractivity contribution is 0.192. The molecule has 0 aliphatic carbocycles. The second-order valence-electron chi connectivity index (χ2n) is 7.06. The maximum Gasteiger partial charge on any atom is 0.211 e. The van der Waals surface area contributed by atoms with E-state index in [0.717, 1.165) is 6.42 Å². The summed E-state index contributed by atoms with van der Waals surface area (Å²) < 4.78 is 25.1. The number of nitrogens with zero attached hydrogens (tertiary/aromatic N) is 1. The molecule has 0 rings (SSSR count). The van der Waals surface area contributed by atoms with Crippen LogP contribution in [0.5, 0.6) is 0 Å². The molecule has 3 nitrogen and oxygen atoms in total. The van der Waals surface area contributed by atoms with E-state index >= 15 is 0 Å². The summed E-state index contributed by atoms with van der Waals surface area (Å²) in [6, 6.07) is 0. The topological polar surface area (TPSA) is 37.4 Å². The number of rotatable bonds is 4. The van der Waals surface area contributed by atoms with Crippen LogP contribution >= 0.6 is 0 Å². The normalized spacial score (nSPS) is 16.3. The highest BCUT2D eigenvalue weighted by Gasteiger charge is 2.30. The van der Waals surface area contributed by atoms with Crippen LogP contribution in [0.4, 0.5) is 0 Å². The highest BCUT2D eigenvalue weighted by atomic mass is 32.2. The minimum atomic E-state index is -3.13. The SMILES string of the molecule is CC(CCN(C(C)(C)C)S(C)(=O)=O)C(C)(C)C. The van der Waals surface area contributed by atoms with Gasteiger partial charge >= 0.3 is 0 Å². The largest absolute Gasteiger partial charge is 0.212 e. The molecule has 0 aromatic carbocycles. The van der Waals surface area contributed by atoms with E-state index in [1.54, 1.807) is 4.31 Å². The number of hydrogen-bond acceptors (Lipinski definition) is 2. The van der Waals surface area contributed by atoms with Crippen molar-refractivity contribution in [3.63, 3.8) is 0 Å². The quantitative estimate of drug-likeness (QED) is 0.781. The minimum absolute atomic E-state index is 0.223. The highest BCUT2D eigenvalue weighted by molar-refractivity contribution is 7.88. The summed E-state index contributed by atoms with van der Waals surface area (Å²) in [6.45, 7) is 15.2. The summed E-state index contributed by atoms with van der Waals surface area (Å²) >= 11 is 0. The van der Waals surface area contributed by atoms with E-state index in [1.165, 1.54) is 6.26 Å². The molecule has 0 radical (unpaired) electrons. The van der Waals surface area contributed by atoms with Gasteiger partial charge in [-0.15, -0.1) is 0 Å². The number of hydrogen-bond donors (Lipinski definition) is 0. The van der Waals surface area contributed by atoms with Crippen LogP contribution in [0.2, 0.25) is 0 Å². The van der Waals surface area contributed by atoms with E-state index in [1.807, 2.05) is 20.8 Å². The fraction of sp³-hybridized carbons (Fsp3) is 1.00. The third-order valence-electron chi connectivity index (χ3n) is 3.39. The van der Waals surface area contributed by atoms with Crippen LogP contribution in [0.15, 0.2) is 0 Å². The predicted molar refractivity (Wildman–Crippen MR) is 74.5 cm³/mol. The molecule has 4 heteroatoms. The van der Waals surface area contributed by atoms with Gasteiger partial charge in [0.1, 0.15) is 0 Å².